The molecular formula is C38H17F12N5. The number of aliphatic imine (C=N–C) groups is 1. The van der Waals surface area contributed by atoms with Crippen molar-refractivity contribution >= 4 is 6.21 Å². The maximum Gasteiger partial charge on any atom is 0.173 e. The first-order valence-electron chi connectivity index (χ1n) is 15.7. The van der Waals surface area contributed by atoms with Crippen molar-refractivity contribution in [1.82, 2.24) is 19.9 Å². The molecule has 1 aliphatic rings. The van der Waals surface area contributed by atoms with E-state index in [0.717, 1.165) is 37.7 Å². The Hall–Kier alpha value is -6.39. The summed E-state index contributed by atoms with van der Waals surface area (Å²) in [5, 5.41) is 0. The van der Waals surface area contributed by atoms with Crippen LogP contribution in [0, 0.1) is 69.8 Å². The van der Waals surface area contributed by atoms with E-state index >= 15 is 52.7 Å². The summed E-state index contributed by atoms with van der Waals surface area (Å²) in [6.07, 6.45) is 5.71. The fraction of sp³-hybridized carbons (Fsp3) is 0.0789. The molecule has 0 aliphatic carbocycles. The summed E-state index contributed by atoms with van der Waals surface area (Å²) in [4.78, 5) is 18.2. The minimum atomic E-state index is -2.28. The van der Waals surface area contributed by atoms with E-state index in [-0.39, 0.29) is 12.5 Å². The van der Waals surface area contributed by atoms with Gasteiger partial charge >= 0.3 is 0 Å². The molecule has 1 unspecified atom stereocenters. The predicted molar refractivity (Wildman–Crippen MR) is 174 cm³/mol. The third-order valence-electron chi connectivity index (χ3n) is 8.73. The van der Waals surface area contributed by atoms with Gasteiger partial charge in [0.05, 0.1) is 61.7 Å². The number of hydrogen-bond donors (Lipinski definition) is 0. The van der Waals surface area contributed by atoms with Gasteiger partial charge in [0.1, 0.15) is 0 Å². The summed E-state index contributed by atoms with van der Waals surface area (Å²) in [7, 11) is 0. The Kier molecular flexibility index (Phi) is 9.26. The summed E-state index contributed by atoms with van der Waals surface area (Å²) >= 11 is 0. The molecule has 7 rings (SSSR count). The number of nitrogens with zero attached hydrogens (tertiary/aromatic N) is 5. The molecule has 6 aromatic rings. The van der Waals surface area contributed by atoms with Crippen LogP contribution in [0.5, 0.6) is 0 Å². The maximum absolute atomic E-state index is 16.0. The molecule has 0 saturated carbocycles. The lowest BCUT2D eigenvalue weighted by atomic mass is 9.85. The number of rotatable bonds is 6. The first-order valence-corrected chi connectivity index (χ1v) is 15.7. The van der Waals surface area contributed by atoms with Crippen LogP contribution in [0.25, 0.3) is 56.4 Å². The SMILES string of the molecule is CC1(c2c(F)c(F)c(-c3cc(-c4c(F)c(F)c(-c5ccccn5)c(F)c4F)nc(-c4c(F)c(F)c(-c5ccccn5)c(F)c4F)n3)c(F)c2F)CC=CC=N1. The molecular weight excluding hydrogens is 754 g/mol. The third kappa shape index (κ3) is 5.90. The zero-order chi connectivity index (χ0) is 39.5. The van der Waals surface area contributed by atoms with Crippen LogP contribution in [0.2, 0.25) is 0 Å². The van der Waals surface area contributed by atoms with Crippen LogP contribution in [0.3, 0.4) is 0 Å². The van der Waals surface area contributed by atoms with Gasteiger partial charge in [0.15, 0.2) is 75.6 Å². The number of allylic oxidation sites excluding steroid dienone is 1. The average Bonchev–Trinajstić information content (AvgIpc) is 3.17. The Labute approximate surface area is 301 Å². The lowest BCUT2D eigenvalue weighted by Gasteiger charge is -2.28. The molecule has 55 heavy (non-hydrogen) atoms. The number of aromatic nitrogens is 4. The van der Waals surface area contributed by atoms with Crippen LogP contribution >= 0.6 is 0 Å². The summed E-state index contributed by atoms with van der Waals surface area (Å²) in [5.74, 6) is -27.7. The van der Waals surface area contributed by atoms with Gasteiger partial charge in [-0.2, -0.15) is 0 Å². The molecule has 1 aliphatic heterocycles. The summed E-state index contributed by atoms with van der Waals surface area (Å²) in [6.45, 7) is 1.14. The zero-order valence-electron chi connectivity index (χ0n) is 27.4. The number of dihydropyridines is 1. The third-order valence-corrected chi connectivity index (χ3v) is 8.73. The highest BCUT2D eigenvalue weighted by Gasteiger charge is 2.39. The van der Waals surface area contributed by atoms with Gasteiger partial charge in [-0.3, -0.25) is 15.0 Å². The van der Waals surface area contributed by atoms with E-state index in [9.17, 15) is 0 Å². The smallest absolute Gasteiger partial charge is 0.173 e. The van der Waals surface area contributed by atoms with Gasteiger partial charge in [0, 0.05) is 18.6 Å². The number of halogens is 12. The van der Waals surface area contributed by atoms with Gasteiger partial charge in [0.25, 0.3) is 0 Å². The Morgan fingerprint density at radius 1 is 0.473 bits per heavy atom. The van der Waals surface area contributed by atoms with Gasteiger partial charge < -0.3 is 0 Å². The molecule has 0 spiro atoms. The van der Waals surface area contributed by atoms with E-state index in [4.69, 9.17) is 0 Å². The Bertz CT molecular complexity index is 2400. The van der Waals surface area contributed by atoms with Crippen LogP contribution in [0.1, 0.15) is 18.9 Å². The summed E-state index contributed by atoms with van der Waals surface area (Å²) in [6, 6.07) is 7.20. The van der Waals surface area contributed by atoms with Crippen LogP contribution in [0.4, 0.5) is 52.7 Å². The summed E-state index contributed by atoms with van der Waals surface area (Å²) in [5.41, 5.74) is -15.3. The van der Waals surface area contributed by atoms with Crippen LogP contribution in [-0.2, 0) is 5.54 Å². The van der Waals surface area contributed by atoms with Crippen molar-refractivity contribution in [1.29, 1.82) is 0 Å². The van der Waals surface area contributed by atoms with E-state index in [2.05, 4.69) is 24.9 Å². The predicted octanol–water partition coefficient (Wildman–Crippen LogP) is 10.5. The minimum absolute atomic E-state index is 0.179. The normalized spacial score (nSPS) is 15.2. The number of hydrogen-bond acceptors (Lipinski definition) is 5. The van der Waals surface area contributed by atoms with Gasteiger partial charge in [0.2, 0.25) is 0 Å². The molecule has 4 heterocycles. The van der Waals surface area contributed by atoms with Crippen molar-refractivity contribution in [3.63, 3.8) is 0 Å². The van der Waals surface area contributed by atoms with E-state index in [1.807, 2.05) is 0 Å². The molecule has 1 atom stereocenters. The van der Waals surface area contributed by atoms with Crippen LogP contribution < -0.4 is 0 Å². The molecule has 278 valence electrons. The first-order chi connectivity index (χ1) is 26.2. The second kappa shape index (κ2) is 13.8. The zero-order valence-corrected chi connectivity index (χ0v) is 27.4. The minimum Gasteiger partial charge on any atom is -0.282 e. The molecule has 3 aromatic carbocycles. The van der Waals surface area contributed by atoms with Crippen molar-refractivity contribution in [3.8, 4) is 56.4 Å². The van der Waals surface area contributed by atoms with E-state index in [1.54, 1.807) is 0 Å². The monoisotopic (exact) mass is 771 g/mol. The van der Waals surface area contributed by atoms with E-state index < -0.39 is 137 Å². The molecule has 0 saturated heterocycles. The van der Waals surface area contributed by atoms with Crippen LogP contribution in [-0.4, -0.2) is 26.2 Å². The maximum atomic E-state index is 16.0. The second-order valence-electron chi connectivity index (χ2n) is 12.1. The standard InChI is InChI=1S/C38H17F12N5/c1-38(10-4-7-13-53-38)24-35(49)31(45)22(32(46)36(24)50)18-14-17(21-29(43)25(39)19(26(40)30(21)44)15-8-2-5-11-51-15)54-37(55-18)23-33(47)27(41)20(28(42)34(23)48)16-9-3-6-12-52-16/h2-9,11-14H,10H2,1H3. The Morgan fingerprint density at radius 2 is 0.855 bits per heavy atom. The lowest BCUT2D eigenvalue weighted by Crippen LogP contribution is -2.25. The van der Waals surface area contributed by atoms with Crippen molar-refractivity contribution in [2.24, 2.45) is 4.99 Å². The van der Waals surface area contributed by atoms with Crippen molar-refractivity contribution in [3.05, 3.63) is 142 Å². The van der Waals surface area contributed by atoms with E-state index in [1.165, 1.54) is 36.4 Å². The highest BCUT2D eigenvalue weighted by Crippen LogP contribution is 2.43. The van der Waals surface area contributed by atoms with E-state index in [0.29, 0.717) is 0 Å². The molecule has 5 nitrogen and oxygen atoms in total. The first kappa shape index (κ1) is 36.9. The highest BCUT2D eigenvalue weighted by atomic mass is 19.2. The second-order valence-corrected chi connectivity index (χ2v) is 12.1. The quantitative estimate of drug-likeness (QED) is 0.125. The fourth-order valence-corrected chi connectivity index (χ4v) is 6.09. The average molecular weight is 772 g/mol. The van der Waals surface area contributed by atoms with Crippen molar-refractivity contribution < 1.29 is 52.7 Å². The number of pyridine rings is 2. The Balaban J connectivity index is 1.55. The topological polar surface area (TPSA) is 63.9 Å². The van der Waals surface area contributed by atoms with Gasteiger partial charge in [-0.1, -0.05) is 18.2 Å². The van der Waals surface area contributed by atoms with Gasteiger partial charge in [-0.15, -0.1) is 0 Å². The van der Waals surface area contributed by atoms with Crippen molar-refractivity contribution in [2.45, 2.75) is 18.9 Å². The molecule has 0 radical (unpaired) electrons. The lowest BCUT2D eigenvalue weighted by molar-refractivity contribution is 0.386. The molecule has 0 amide bonds. The largest absolute Gasteiger partial charge is 0.282 e. The van der Waals surface area contributed by atoms with Crippen LogP contribution in [0.15, 0.2) is 72.0 Å². The molecule has 17 heteroatoms. The van der Waals surface area contributed by atoms with Crippen molar-refractivity contribution in [2.75, 3.05) is 0 Å². The molecule has 0 fully saturated rings. The van der Waals surface area contributed by atoms with Gasteiger partial charge in [-0.05, 0) is 49.8 Å². The van der Waals surface area contributed by atoms with Gasteiger partial charge in [-0.25, -0.2) is 62.7 Å². The Morgan fingerprint density at radius 3 is 1.22 bits per heavy atom. The number of benzene rings is 3. The molecule has 0 bridgehead atoms. The highest BCUT2D eigenvalue weighted by molar-refractivity contribution is 5.77. The summed E-state index contributed by atoms with van der Waals surface area (Å²) < 4.78 is 189. The molecule has 0 N–H and O–H groups in total. The fourth-order valence-electron chi connectivity index (χ4n) is 6.09. The molecule has 3 aromatic heterocycles.